The number of nitrogens with zero attached hydrogens (tertiary/aromatic N) is 3. The second-order valence-electron chi connectivity index (χ2n) is 3.95. The van der Waals surface area contributed by atoms with E-state index in [0.717, 1.165) is 5.56 Å². The first-order valence-corrected chi connectivity index (χ1v) is 6.94. The minimum atomic E-state index is -3.81. The smallest absolute Gasteiger partial charge is 0.264 e. The molecule has 100 valence electrons. The Morgan fingerprint density at radius 2 is 1.85 bits per heavy atom. The molecule has 0 fully saturated rings. The van der Waals surface area contributed by atoms with Gasteiger partial charge in [-0.15, -0.1) is 0 Å². The molecule has 0 aliphatic rings. The Labute approximate surface area is 115 Å². The molecule has 0 unspecified atom stereocenters. The standard InChI is InChI=1S/C12H9N5O2S/c1-8-2-4-9(5-3-8)20(18,19)17-12-15-10(6-13)11(7-14)16-12/h2-5H,1H3,(H2,15,16,17). The highest BCUT2D eigenvalue weighted by Crippen LogP contribution is 2.15. The van der Waals surface area contributed by atoms with Crippen LogP contribution in [0.1, 0.15) is 17.0 Å². The van der Waals surface area contributed by atoms with Crippen LogP contribution in [0, 0.1) is 29.6 Å². The molecule has 0 aliphatic heterocycles. The summed E-state index contributed by atoms with van der Waals surface area (Å²) in [6.07, 6.45) is 0. The lowest BCUT2D eigenvalue weighted by atomic mass is 10.2. The van der Waals surface area contributed by atoms with Crippen molar-refractivity contribution in [3.05, 3.63) is 41.2 Å². The molecule has 8 heteroatoms. The van der Waals surface area contributed by atoms with Crippen molar-refractivity contribution < 1.29 is 8.42 Å². The second kappa shape index (κ2) is 5.03. The second-order valence-corrected chi connectivity index (χ2v) is 5.63. The molecule has 7 nitrogen and oxygen atoms in total. The van der Waals surface area contributed by atoms with Crippen molar-refractivity contribution in [2.24, 2.45) is 0 Å². The van der Waals surface area contributed by atoms with E-state index < -0.39 is 10.0 Å². The van der Waals surface area contributed by atoms with Crippen molar-refractivity contribution in [3.8, 4) is 12.1 Å². The van der Waals surface area contributed by atoms with E-state index in [-0.39, 0.29) is 22.2 Å². The molecule has 2 N–H and O–H groups in total. The molecule has 0 amide bonds. The summed E-state index contributed by atoms with van der Waals surface area (Å²) in [5.41, 5.74) is 0.684. The van der Waals surface area contributed by atoms with Crippen molar-refractivity contribution in [2.45, 2.75) is 11.8 Å². The molecule has 2 rings (SSSR count). The highest BCUT2D eigenvalue weighted by Gasteiger charge is 2.17. The van der Waals surface area contributed by atoms with Crippen LogP contribution in [0.5, 0.6) is 0 Å². The van der Waals surface area contributed by atoms with E-state index in [0.29, 0.717) is 0 Å². The van der Waals surface area contributed by atoms with Gasteiger partial charge in [-0.2, -0.15) is 15.5 Å². The average molecular weight is 287 g/mol. The van der Waals surface area contributed by atoms with Crippen molar-refractivity contribution in [1.82, 2.24) is 9.97 Å². The number of benzene rings is 1. The van der Waals surface area contributed by atoms with E-state index in [1.807, 2.05) is 6.92 Å². The van der Waals surface area contributed by atoms with Crippen LogP contribution < -0.4 is 4.72 Å². The Hall–Kier alpha value is -2.84. The first kappa shape index (κ1) is 13.6. The summed E-state index contributed by atoms with van der Waals surface area (Å²) in [4.78, 5) is 6.20. The first-order chi connectivity index (χ1) is 9.46. The maximum atomic E-state index is 12.1. The predicted octanol–water partition coefficient (Wildman–Crippen LogP) is 1.26. The van der Waals surface area contributed by atoms with Crippen LogP contribution in [0.15, 0.2) is 29.2 Å². The molecule has 0 spiro atoms. The maximum Gasteiger partial charge on any atom is 0.264 e. The van der Waals surface area contributed by atoms with E-state index >= 15 is 0 Å². The first-order valence-electron chi connectivity index (χ1n) is 5.46. The van der Waals surface area contributed by atoms with Gasteiger partial charge in [0.1, 0.15) is 12.1 Å². The Bertz CT molecular complexity index is 791. The molecular formula is C12H9N5O2S. The molecule has 0 saturated heterocycles. The Morgan fingerprint density at radius 3 is 2.35 bits per heavy atom. The largest absolute Gasteiger partial charge is 0.314 e. The summed E-state index contributed by atoms with van der Waals surface area (Å²) < 4.78 is 26.3. The lowest BCUT2D eigenvalue weighted by Gasteiger charge is -2.05. The number of aryl methyl sites for hydroxylation is 1. The SMILES string of the molecule is Cc1ccc(S(=O)(=O)Nc2nc(C#N)c(C#N)[nH]2)cc1. The van der Waals surface area contributed by atoms with Crippen LogP contribution in [0.4, 0.5) is 5.95 Å². The molecule has 0 aliphatic carbocycles. The van der Waals surface area contributed by atoms with Crippen molar-refractivity contribution in [2.75, 3.05) is 4.72 Å². The summed E-state index contributed by atoms with van der Waals surface area (Å²) in [6.45, 7) is 1.84. The molecule has 1 aromatic carbocycles. The number of aromatic nitrogens is 2. The number of hydrogen-bond acceptors (Lipinski definition) is 5. The van der Waals surface area contributed by atoms with Crippen LogP contribution in [0.3, 0.4) is 0 Å². The minimum absolute atomic E-state index is 0.0662. The molecule has 0 radical (unpaired) electrons. The van der Waals surface area contributed by atoms with E-state index in [1.54, 1.807) is 24.3 Å². The highest BCUT2D eigenvalue weighted by atomic mass is 32.2. The molecule has 20 heavy (non-hydrogen) atoms. The number of imidazole rings is 1. The zero-order valence-corrected chi connectivity index (χ0v) is 11.2. The summed E-state index contributed by atoms with van der Waals surface area (Å²) in [5, 5.41) is 17.5. The molecule has 0 saturated carbocycles. The summed E-state index contributed by atoms with van der Waals surface area (Å²) in [5.74, 6) is -0.168. The van der Waals surface area contributed by atoms with Crippen molar-refractivity contribution >= 4 is 16.0 Å². The fraction of sp³-hybridized carbons (Fsp3) is 0.0833. The van der Waals surface area contributed by atoms with Gasteiger partial charge in [0, 0.05) is 0 Å². The van der Waals surface area contributed by atoms with Crippen LogP contribution >= 0.6 is 0 Å². The minimum Gasteiger partial charge on any atom is -0.314 e. The van der Waals surface area contributed by atoms with Crippen molar-refractivity contribution in [1.29, 1.82) is 10.5 Å². The number of nitrogens with one attached hydrogen (secondary N) is 2. The lowest BCUT2D eigenvalue weighted by molar-refractivity contribution is 0.601. The van der Waals surface area contributed by atoms with Gasteiger partial charge in [0.05, 0.1) is 4.90 Å². The molecule has 1 aromatic heterocycles. The predicted molar refractivity (Wildman–Crippen MR) is 70.0 cm³/mol. The van der Waals surface area contributed by atoms with Gasteiger partial charge in [0.2, 0.25) is 5.95 Å². The number of hydrogen-bond donors (Lipinski definition) is 2. The van der Waals surface area contributed by atoms with Gasteiger partial charge in [0.25, 0.3) is 10.0 Å². The zero-order chi connectivity index (χ0) is 14.8. The van der Waals surface area contributed by atoms with Gasteiger partial charge >= 0.3 is 0 Å². The number of aromatic amines is 1. The number of H-pyrrole nitrogens is 1. The van der Waals surface area contributed by atoms with Gasteiger partial charge < -0.3 is 4.98 Å². The third-order valence-corrected chi connectivity index (χ3v) is 3.84. The third kappa shape index (κ3) is 2.60. The molecule has 0 bridgehead atoms. The summed E-state index contributed by atoms with van der Waals surface area (Å²) in [6, 6.07) is 9.67. The van der Waals surface area contributed by atoms with Crippen LogP contribution in [-0.2, 0) is 10.0 Å². The topological polar surface area (TPSA) is 122 Å². The highest BCUT2D eigenvalue weighted by molar-refractivity contribution is 7.92. The quantitative estimate of drug-likeness (QED) is 0.879. The van der Waals surface area contributed by atoms with Gasteiger partial charge in [-0.3, -0.25) is 0 Å². The van der Waals surface area contributed by atoms with Crippen LogP contribution in [0.2, 0.25) is 0 Å². The van der Waals surface area contributed by atoms with E-state index in [2.05, 4.69) is 14.7 Å². The normalized spacial score (nSPS) is 10.6. The van der Waals surface area contributed by atoms with Crippen LogP contribution in [0.25, 0.3) is 0 Å². The lowest BCUT2D eigenvalue weighted by Crippen LogP contribution is -2.13. The number of sulfonamides is 1. The number of rotatable bonds is 3. The average Bonchev–Trinajstić information content (AvgIpc) is 2.80. The number of anilines is 1. The van der Waals surface area contributed by atoms with Gasteiger partial charge in [-0.1, -0.05) is 17.7 Å². The summed E-state index contributed by atoms with van der Waals surface area (Å²) in [7, 11) is -3.81. The fourth-order valence-corrected chi connectivity index (χ4v) is 2.45. The maximum absolute atomic E-state index is 12.1. The fourth-order valence-electron chi connectivity index (χ4n) is 1.49. The van der Waals surface area contributed by atoms with Crippen LogP contribution in [-0.4, -0.2) is 18.4 Å². The third-order valence-electron chi connectivity index (χ3n) is 2.48. The van der Waals surface area contributed by atoms with E-state index in [4.69, 9.17) is 10.5 Å². The van der Waals surface area contributed by atoms with Gasteiger partial charge in [0.15, 0.2) is 11.4 Å². The monoisotopic (exact) mass is 287 g/mol. The molecule has 0 atom stereocenters. The molecule has 2 aromatic rings. The van der Waals surface area contributed by atoms with Gasteiger partial charge in [-0.25, -0.2) is 13.1 Å². The zero-order valence-electron chi connectivity index (χ0n) is 10.4. The Balaban J connectivity index is 2.34. The van der Waals surface area contributed by atoms with E-state index in [1.165, 1.54) is 12.1 Å². The van der Waals surface area contributed by atoms with Crippen molar-refractivity contribution in [3.63, 3.8) is 0 Å². The van der Waals surface area contributed by atoms with Gasteiger partial charge in [-0.05, 0) is 19.1 Å². The molecule has 1 heterocycles. The Morgan fingerprint density at radius 1 is 1.20 bits per heavy atom. The Kier molecular flexibility index (Phi) is 3.42. The summed E-state index contributed by atoms with van der Waals surface area (Å²) >= 11 is 0. The van der Waals surface area contributed by atoms with E-state index in [9.17, 15) is 8.42 Å². The molecular weight excluding hydrogens is 278 g/mol. The number of nitriles is 2.